The zero-order valence-corrected chi connectivity index (χ0v) is 17.9. The van der Waals surface area contributed by atoms with Gasteiger partial charge in [-0.2, -0.15) is 5.26 Å². The minimum Gasteiger partial charge on any atom is -0.475 e. The lowest BCUT2D eigenvalue weighted by Crippen LogP contribution is -2.20. The van der Waals surface area contributed by atoms with Gasteiger partial charge in [-0.05, 0) is 56.6 Å². The Balaban J connectivity index is 2.08. The molecule has 0 atom stereocenters. The van der Waals surface area contributed by atoms with Crippen molar-refractivity contribution in [1.82, 2.24) is 9.88 Å². The summed E-state index contributed by atoms with van der Waals surface area (Å²) >= 11 is 0. The molecular formula is C22H21FN4O3S. The number of nitrogens with one attached hydrogen (secondary N) is 1. The minimum atomic E-state index is -3.94. The molecule has 0 aliphatic rings. The molecule has 9 heteroatoms. The average Bonchev–Trinajstić information content (AvgIpc) is 2.75. The Hall–Kier alpha value is -3.48. The second kappa shape index (κ2) is 9.55. The van der Waals surface area contributed by atoms with Crippen molar-refractivity contribution in [2.75, 3.05) is 32.0 Å². The SMILES string of the molecule is CN(C)CCOc1nc(-c2ccc(F)cc2)c(NS(=O)(=O)c2ccccc2)cc1C#N. The smallest absolute Gasteiger partial charge is 0.261 e. The van der Waals surface area contributed by atoms with E-state index in [0.717, 1.165) is 0 Å². The number of halogens is 1. The van der Waals surface area contributed by atoms with Gasteiger partial charge in [0.15, 0.2) is 0 Å². The van der Waals surface area contributed by atoms with Crippen molar-refractivity contribution in [2.45, 2.75) is 4.90 Å². The lowest BCUT2D eigenvalue weighted by Gasteiger charge is -2.16. The number of nitriles is 1. The minimum absolute atomic E-state index is 0.0601. The second-order valence-electron chi connectivity index (χ2n) is 6.93. The van der Waals surface area contributed by atoms with E-state index >= 15 is 0 Å². The zero-order chi connectivity index (χ0) is 22.4. The number of hydrogen-bond acceptors (Lipinski definition) is 6. The molecule has 0 spiro atoms. The first-order valence-electron chi connectivity index (χ1n) is 9.36. The molecule has 3 aromatic rings. The maximum absolute atomic E-state index is 13.4. The number of benzene rings is 2. The van der Waals surface area contributed by atoms with Crippen molar-refractivity contribution < 1.29 is 17.5 Å². The highest BCUT2D eigenvalue weighted by Gasteiger charge is 2.20. The summed E-state index contributed by atoms with van der Waals surface area (Å²) in [7, 11) is -0.174. The molecule has 0 saturated heterocycles. The van der Waals surface area contributed by atoms with Crippen LogP contribution in [0.25, 0.3) is 11.3 Å². The summed E-state index contributed by atoms with van der Waals surface area (Å²) < 4.78 is 47.3. The van der Waals surface area contributed by atoms with Gasteiger partial charge in [0, 0.05) is 12.1 Å². The van der Waals surface area contributed by atoms with E-state index in [1.165, 1.54) is 42.5 Å². The first-order chi connectivity index (χ1) is 14.8. The second-order valence-corrected chi connectivity index (χ2v) is 8.61. The number of sulfonamides is 1. The number of rotatable bonds is 8. The van der Waals surface area contributed by atoms with Crippen LogP contribution in [-0.4, -0.2) is 45.5 Å². The number of pyridine rings is 1. The van der Waals surface area contributed by atoms with Gasteiger partial charge >= 0.3 is 0 Å². The molecule has 0 aliphatic carbocycles. The Morgan fingerprint density at radius 2 is 1.81 bits per heavy atom. The van der Waals surface area contributed by atoms with Crippen LogP contribution in [0, 0.1) is 17.1 Å². The van der Waals surface area contributed by atoms with Gasteiger partial charge in [-0.15, -0.1) is 0 Å². The maximum Gasteiger partial charge on any atom is 0.261 e. The highest BCUT2D eigenvalue weighted by Crippen LogP contribution is 2.33. The van der Waals surface area contributed by atoms with E-state index in [0.29, 0.717) is 12.1 Å². The Bertz CT molecular complexity index is 1190. The zero-order valence-electron chi connectivity index (χ0n) is 17.0. The van der Waals surface area contributed by atoms with Gasteiger partial charge in [-0.25, -0.2) is 17.8 Å². The van der Waals surface area contributed by atoms with E-state index in [2.05, 4.69) is 9.71 Å². The van der Waals surface area contributed by atoms with Gasteiger partial charge in [-0.3, -0.25) is 4.72 Å². The Morgan fingerprint density at radius 1 is 1.13 bits per heavy atom. The number of aromatic nitrogens is 1. The number of hydrogen-bond donors (Lipinski definition) is 1. The predicted octanol–water partition coefficient (Wildman–Crippen LogP) is 3.50. The van der Waals surface area contributed by atoms with Gasteiger partial charge in [0.1, 0.15) is 24.1 Å². The molecule has 3 rings (SSSR count). The molecule has 1 aromatic heterocycles. The highest BCUT2D eigenvalue weighted by molar-refractivity contribution is 7.92. The molecule has 0 radical (unpaired) electrons. The number of anilines is 1. The Morgan fingerprint density at radius 3 is 2.42 bits per heavy atom. The third-order valence-corrected chi connectivity index (χ3v) is 5.68. The van der Waals surface area contributed by atoms with E-state index in [9.17, 15) is 18.1 Å². The van der Waals surface area contributed by atoms with Crippen LogP contribution >= 0.6 is 0 Å². The fourth-order valence-corrected chi connectivity index (χ4v) is 3.80. The summed E-state index contributed by atoms with van der Waals surface area (Å²) in [5.41, 5.74) is 0.856. The van der Waals surface area contributed by atoms with Crippen LogP contribution in [0.3, 0.4) is 0 Å². The number of nitrogens with zero attached hydrogens (tertiary/aromatic N) is 3. The molecule has 0 amide bonds. The van der Waals surface area contributed by atoms with Crippen LogP contribution in [0.15, 0.2) is 65.6 Å². The van der Waals surface area contributed by atoms with E-state index in [1.54, 1.807) is 18.2 Å². The van der Waals surface area contributed by atoms with Crippen LogP contribution < -0.4 is 9.46 Å². The Kier molecular flexibility index (Phi) is 6.84. The average molecular weight is 441 g/mol. The van der Waals surface area contributed by atoms with Gasteiger partial charge in [0.2, 0.25) is 5.88 Å². The molecule has 2 aromatic carbocycles. The Labute approximate surface area is 180 Å². The first-order valence-corrected chi connectivity index (χ1v) is 10.8. The molecule has 0 bridgehead atoms. The molecule has 0 aliphatic heterocycles. The largest absolute Gasteiger partial charge is 0.475 e. The van der Waals surface area contributed by atoms with Gasteiger partial charge in [0.05, 0.1) is 16.3 Å². The van der Waals surface area contributed by atoms with Crippen LogP contribution in [0.1, 0.15) is 5.56 Å². The van der Waals surface area contributed by atoms with Crippen molar-refractivity contribution in [3.8, 4) is 23.2 Å². The van der Waals surface area contributed by atoms with Crippen molar-refractivity contribution >= 4 is 15.7 Å². The highest BCUT2D eigenvalue weighted by atomic mass is 32.2. The van der Waals surface area contributed by atoms with Crippen molar-refractivity contribution in [2.24, 2.45) is 0 Å². The topological polar surface area (TPSA) is 95.3 Å². The van der Waals surface area contributed by atoms with Crippen LogP contribution in [0.2, 0.25) is 0 Å². The summed E-state index contributed by atoms with van der Waals surface area (Å²) in [5.74, 6) is -0.363. The summed E-state index contributed by atoms with van der Waals surface area (Å²) in [4.78, 5) is 6.38. The molecule has 0 unspecified atom stereocenters. The van der Waals surface area contributed by atoms with Crippen LogP contribution in [-0.2, 0) is 10.0 Å². The molecule has 160 valence electrons. The monoisotopic (exact) mass is 440 g/mol. The maximum atomic E-state index is 13.4. The van der Waals surface area contributed by atoms with E-state index in [-0.39, 0.29) is 34.3 Å². The standard InChI is InChI=1S/C22H21FN4O3S/c1-27(2)12-13-30-22-17(15-24)14-20(21(25-22)16-8-10-18(23)11-9-16)26-31(28,29)19-6-4-3-5-7-19/h3-11,14,26H,12-13H2,1-2H3. The van der Waals surface area contributed by atoms with Crippen molar-refractivity contribution in [1.29, 1.82) is 5.26 Å². The van der Waals surface area contributed by atoms with Crippen molar-refractivity contribution in [3.63, 3.8) is 0 Å². The first kappa shape index (κ1) is 22.2. The van der Waals surface area contributed by atoms with E-state index in [4.69, 9.17) is 4.74 Å². The summed E-state index contributed by atoms with van der Waals surface area (Å²) in [6.07, 6.45) is 0. The molecule has 1 N–H and O–H groups in total. The lowest BCUT2D eigenvalue weighted by molar-refractivity contribution is 0.253. The lowest BCUT2D eigenvalue weighted by atomic mass is 10.1. The molecule has 31 heavy (non-hydrogen) atoms. The summed E-state index contributed by atoms with van der Waals surface area (Å²) in [5, 5.41) is 9.56. The van der Waals surface area contributed by atoms with E-state index < -0.39 is 15.8 Å². The predicted molar refractivity (Wildman–Crippen MR) is 116 cm³/mol. The fourth-order valence-electron chi connectivity index (χ4n) is 2.72. The summed E-state index contributed by atoms with van der Waals surface area (Å²) in [6, 6.07) is 16.7. The molecular weight excluding hydrogens is 419 g/mol. The normalized spacial score (nSPS) is 11.2. The summed E-state index contributed by atoms with van der Waals surface area (Å²) in [6.45, 7) is 0.882. The number of likely N-dealkylation sites (N-methyl/N-ethyl adjacent to an activating group) is 1. The third-order valence-electron chi connectivity index (χ3n) is 4.30. The number of ether oxygens (including phenoxy) is 1. The van der Waals surface area contributed by atoms with Crippen LogP contribution in [0.4, 0.5) is 10.1 Å². The van der Waals surface area contributed by atoms with Gasteiger partial charge in [-0.1, -0.05) is 18.2 Å². The fraction of sp³-hybridized carbons (Fsp3) is 0.182. The third kappa shape index (κ3) is 5.57. The quantitative estimate of drug-likeness (QED) is 0.576. The molecule has 1 heterocycles. The molecule has 7 nitrogen and oxygen atoms in total. The van der Waals surface area contributed by atoms with Gasteiger partial charge < -0.3 is 9.64 Å². The molecule has 0 fully saturated rings. The molecule has 0 saturated carbocycles. The van der Waals surface area contributed by atoms with Crippen LogP contribution in [0.5, 0.6) is 5.88 Å². The van der Waals surface area contributed by atoms with Gasteiger partial charge in [0.25, 0.3) is 10.0 Å². The van der Waals surface area contributed by atoms with E-state index in [1.807, 2.05) is 25.1 Å². The van der Waals surface area contributed by atoms with Crippen molar-refractivity contribution in [3.05, 3.63) is 72.0 Å².